The molecule has 0 aliphatic heterocycles. The van der Waals surface area contributed by atoms with E-state index in [1.54, 1.807) is 18.2 Å². The van der Waals surface area contributed by atoms with E-state index in [1.807, 2.05) is 45.0 Å². The number of halogens is 2. The fourth-order valence-electron chi connectivity index (χ4n) is 3.41. The summed E-state index contributed by atoms with van der Waals surface area (Å²) in [4.78, 5) is 27.7. The van der Waals surface area contributed by atoms with Crippen LogP contribution in [0.3, 0.4) is 0 Å². The average molecular weight is 493 g/mol. The molecule has 33 heavy (non-hydrogen) atoms. The third-order valence-corrected chi connectivity index (χ3v) is 5.84. The van der Waals surface area contributed by atoms with Crippen molar-refractivity contribution in [3.8, 4) is 5.75 Å². The molecular weight excluding hydrogens is 459 g/mol. The van der Waals surface area contributed by atoms with Gasteiger partial charge < -0.3 is 15.0 Å². The summed E-state index contributed by atoms with van der Waals surface area (Å²) in [6.07, 6.45) is 0.454. The number of hydrogen-bond donors (Lipinski definition) is 1. The van der Waals surface area contributed by atoms with Crippen molar-refractivity contribution in [2.75, 3.05) is 6.61 Å². The normalized spacial score (nSPS) is 12.4. The summed E-state index contributed by atoms with van der Waals surface area (Å²) in [5.74, 6) is 0.0904. The van der Waals surface area contributed by atoms with Crippen molar-refractivity contribution in [3.63, 3.8) is 0 Å². The summed E-state index contributed by atoms with van der Waals surface area (Å²) in [6, 6.07) is 12.1. The van der Waals surface area contributed by atoms with E-state index in [0.29, 0.717) is 27.8 Å². The van der Waals surface area contributed by atoms with E-state index >= 15 is 0 Å². The number of rotatable bonds is 9. The number of hydrogen-bond acceptors (Lipinski definition) is 3. The number of ether oxygens (including phenoxy) is 1. The van der Waals surface area contributed by atoms with E-state index < -0.39 is 6.04 Å². The zero-order chi connectivity index (χ0) is 24.8. The van der Waals surface area contributed by atoms with Gasteiger partial charge in [-0.05, 0) is 61.1 Å². The first-order chi connectivity index (χ1) is 15.4. The number of carbonyl (C=O) groups excluding carboxylic acids is 2. The lowest BCUT2D eigenvalue weighted by atomic mass is 9.87. The lowest BCUT2D eigenvalue weighted by Crippen LogP contribution is -2.51. The highest BCUT2D eigenvalue weighted by atomic mass is 35.5. The van der Waals surface area contributed by atoms with Gasteiger partial charge in [0.1, 0.15) is 11.8 Å². The molecule has 0 heterocycles. The Balaban J connectivity index is 2.23. The standard InChI is InChI=1S/C26H34Cl2N2O3/c1-7-23(25(32)29-17(2)3)30(15-18-8-11-20(27)14-22(18)28)24(31)16-33-21-12-9-19(10-13-21)26(4,5)6/h8-14,17,23H,7,15-16H2,1-6H3,(H,29,32). The third kappa shape index (κ3) is 7.94. The van der Waals surface area contributed by atoms with E-state index in [0.717, 1.165) is 0 Å². The molecule has 0 fully saturated rings. The molecule has 1 N–H and O–H groups in total. The largest absolute Gasteiger partial charge is 0.484 e. The summed E-state index contributed by atoms with van der Waals surface area (Å²) < 4.78 is 5.78. The molecule has 0 bridgehead atoms. The first kappa shape index (κ1) is 27.0. The van der Waals surface area contributed by atoms with Crippen molar-refractivity contribution in [1.29, 1.82) is 0 Å². The summed E-state index contributed by atoms with van der Waals surface area (Å²) in [7, 11) is 0. The molecule has 2 rings (SSSR count). The molecule has 0 aromatic heterocycles. The van der Waals surface area contributed by atoms with Crippen molar-refractivity contribution in [3.05, 3.63) is 63.6 Å². The molecule has 0 saturated heterocycles. The van der Waals surface area contributed by atoms with Crippen LogP contribution in [0.2, 0.25) is 10.0 Å². The molecule has 0 aliphatic rings. The van der Waals surface area contributed by atoms with Gasteiger partial charge in [0.2, 0.25) is 5.91 Å². The second-order valence-electron chi connectivity index (χ2n) is 9.41. The molecule has 2 amide bonds. The molecular formula is C26H34Cl2N2O3. The van der Waals surface area contributed by atoms with E-state index in [9.17, 15) is 9.59 Å². The summed E-state index contributed by atoms with van der Waals surface area (Å²) in [6.45, 7) is 12.0. The number of carbonyl (C=O) groups is 2. The Labute approximate surface area is 207 Å². The van der Waals surface area contributed by atoms with Crippen LogP contribution in [0, 0.1) is 0 Å². The molecule has 2 aromatic carbocycles. The maximum absolute atomic E-state index is 13.3. The number of benzene rings is 2. The Kier molecular flexibility index (Phi) is 9.62. The van der Waals surface area contributed by atoms with Gasteiger partial charge in [-0.2, -0.15) is 0 Å². The minimum Gasteiger partial charge on any atom is -0.484 e. The van der Waals surface area contributed by atoms with Crippen molar-refractivity contribution in [1.82, 2.24) is 10.2 Å². The molecule has 0 spiro atoms. The molecule has 180 valence electrons. The van der Waals surface area contributed by atoms with Gasteiger partial charge in [0.25, 0.3) is 5.91 Å². The number of amides is 2. The second-order valence-corrected chi connectivity index (χ2v) is 10.3. The Morgan fingerprint density at radius 1 is 1.06 bits per heavy atom. The van der Waals surface area contributed by atoms with Crippen LogP contribution < -0.4 is 10.1 Å². The van der Waals surface area contributed by atoms with Gasteiger partial charge in [0, 0.05) is 22.6 Å². The van der Waals surface area contributed by atoms with Crippen LogP contribution in [-0.4, -0.2) is 35.4 Å². The van der Waals surface area contributed by atoms with Crippen LogP contribution in [0.15, 0.2) is 42.5 Å². The molecule has 1 atom stereocenters. The zero-order valence-corrected chi connectivity index (χ0v) is 21.8. The number of nitrogens with one attached hydrogen (secondary N) is 1. The highest BCUT2D eigenvalue weighted by Crippen LogP contribution is 2.25. The quantitative estimate of drug-likeness (QED) is 0.466. The van der Waals surface area contributed by atoms with Gasteiger partial charge in [0.15, 0.2) is 6.61 Å². The van der Waals surface area contributed by atoms with E-state index in [2.05, 4.69) is 26.1 Å². The highest BCUT2D eigenvalue weighted by Gasteiger charge is 2.29. The maximum Gasteiger partial charge on any atom is 0.261 e. The third-order valence-electron chi connectivity index (χ3n) is 5.26. The van der Waals surface area contributed by atoms with E-state index in [1.165, 1.54) is 10.5 Å². The Bertz CT molecular complexity index is 953. The van der Waals surface area contributed by atoms with Crippen molar-refractivity contribution < 1.29 is 14.3 Å². The molecule has 1 unspecified atom stereocenters. The smallest absolute Gasteiger partial charge is 0.261 e. The van der Waals surface area contributed by atoms with E-state index in [-0.39, 0.29) is 36.4 Å². The monoisotopic (exact) mass is 492 g/mol. The van der Waals surface area contributed by atoms with Crippen molar-refractivity contribution >= 4 is 35.0 Å². The van der Waals surface area contributed by atoms with Gasteiger partial charge in [-0.15, -0.1) is 0 Å². The van der Waals surface area contributed by atoms with Crippen LogP contribution in [-0.2, 0) is 21.5 Å². The van der Waals surface area contributed by atoms with Crippen LogP contribution in [0.4, 0.5) is 0 Å². The molecule has 0 saturated carbocycles. The summed E-state index contributed by atoms with van der Waals surface area (Å²) in [5, 5.41) is 3.86. The SMILES string of the molecule is CCC(C(=O)NC(C)C)N(Cc1ccc(Cl)cc1Cl)C(=O)COc1ccc(C(C)(C)C)cc1. The lowest BCUT2D eigenvalue weighted by molar-refractivity contribution is -0.143. The molecule has 7 heteroatoms. The maximum atomic E-state index is 13.3. The number of nitrogens with zero attached hydrogens (tertiary/aromatic N) is 1. The highest BCUT2D eigenvalue weighted by molar-refractivity contribution is 6.35. The molecule has 2 aromatic rings. The fourth-order valence-corrected chi connectivity index (χ4v) is 3.88. The zero-order valence-electron chi connectivity index (χ0n) is 20.2. The summed E-state index contributed by atoms with van der Waals surface area (Å²) >= 11 is 12.4. The van der Waals surface area contributed by atoms with Gasteiger partial charge >= 0.3 is 0 Å². The van der Waals surface area contributed by atoms with Crippen molar-refractivity contribution in [2.45, 2.75) is 72.0 Å². The van der Waals surface area contributed by atoms with Gasteiger partial charge in [-0.3, -0.25) is 9.59 Å². The first-order valence-electron chi connectivity index (χ1n) is 11.2. The average Bonchev–Trinajstić information content (AvgIpc) is 2.72. The second kappa shape index (κ2) is 11.8. The van der Waals surface area contributed by atoms with Crippen LogP contribution in [0.1, 0.15) is 59.1 Å². The predicted molar refractivity (Wildman–Crippen MR) is 135 cm³/mol. The topological polar surface area (TPSA) is 58.6 Å². The summed E-state index contributed by atoms with van der Waals surface area (Å²) in [5.41, 5.74) is 1.91. The van der Waals surface area contributed by atoms with Gasteiger partial charge in [-0.1, -0.05) is 69.1 Å². The molecule has 0 radical (unpaired) electrons. The van der Waals surface area contributed by atoms with E-state index in [4.69, 9.17) is 27.9 Å². The minimum atomic E-state index is -0.654. The minimum absolute atomic E-state index is 0.0289. The Morgan fingerprint density at radius 3 is 2.21 bits per heavy atom. The van der Waals surface area contributed by atoms with Crippen molar-refractivity contribution in [2.24, 2.45) is 0 Å². The molecule has 0 aliphatic carbocycles. The fraction of sp³-hybridized carbons (Fsp3) is 0.462. The van der Waals surface area contributed by atoms with Crippen LogP contribution in [0.5, 0.6) is 5.75 Å². The van der Waals surface area contributed by atoms with Gasteiger partial charge in [-0.25, -0.2) is 0 Å². The Hall–Kier alpha value is -2.24. The predicted octanol–water partition coefficient (Wildman–Crippen LogP) is 6.00. The molecule has 5 nitrogen and oxygen atoms in total. The van der Waals surface area contributed by atoms with Crippen LogP contribution in [0.25, 0.3) is 0 Å². The Morgan fingerprint density at radius 2 is 1.70 bits per heavy atom. The lowest BCUT2D eigenvalue weighted by Gasteiger charge is -2.31. The first-order valence-corrected chi connectivity index (χ1v) is 11.9. The van der Waals surface area contributed by atoms with Crippen LogP contribution >= 0.6 is 23.2 Å². The van der Waals surface area contributed by atoms with Gasteiger partial charge in [0.05, 0.1) is 0 Å².